The highest BCUT2D eigenvalue weighted by Crippen LogP contribution is 2.15. The molecule has 0 bridgehead atoms. The molecule has 1 atom stereocenters. The molecule has 4 nitrogen and oxygen atoms in total. The molecule has 18 heavy (non-hydrogen) atoms. The zero-order chi connectivity index (χ0) is 13.1. The molecule has 2 rings (SSSR count). The fraction of sp³-hybridized carbons (Fsp3) is 0.538. The van der Waals surface area contributed by atoms with E-state index in [1.807, 2.05) is 4.90 Å². The lowest BCUT2D eigenvalue weighted by Crippen LogP contribution is -2.42. The van der Waals surface area contributed by atoms with Gasteiger partial charge in [-0.2, -0.15) is 0 Å². The van der Waals surface area contributed by atoms with Crippen LogP contribution in [0.3, 0.4) is 0 Å². The van der Waals surface area contributed by atoms with Crippen LogP contribution in [0.25, 0.3) is 0 Å². The lowest BCUT2D eigenvalue weighted by atomic mass is 10.2. The highest BCUT2D eigenvalue weighted by Gasteiger charge is 2.24. The average Bonchev–Trinajstić information content (AvgIpc) is 2.49. The Bertz CT molecular complexity index is 438. The normalized spacial score (nSPS) is 21.7. The minimum absolute atomic E-state index is 0.0981. The molecule has 2 heterocycles. The van der Waals surface area contributed by atoms with Crippen LogP contribution >= 0.6 is 15.9 Å². The van der Waals surface area contributed by atoms with Crippen LogP contribution in [0.1, 0.15) is 23.7 Å². The largest absolute Gasteiger partial charge is 0.335 e. The monoisotopic (exact) mass is 311 g/mol. The number of aromatic nitrogens is 1. The van der Waals surface area contributed by atoms with Crippen LogP contribution < -0.4 is 0 Å². The van der Waals surface area contributed by atoms with Gasteiger partial charge in [0.25, 0.3) is 5.91 Å². The van der Waals surface area contributed by atoms with Crippen molar-refractivity contribution in [2.75, 3.05) is 26.7 Å². The first-order valence-electron chi connectivity index (χ1n) is 6.19. The molecule has 98 valence electrons. The number of pyridine rings is 1. The molecular formula is C13H18BrN3O. The Morgan fingerprint density at radius 1 is 1.50 bits per heavy atom. The van der Waals surface area contributed by atoms with E-state index >= 15 is 0 Å². The number of carbonyl (C=O) groups is 1. The van der Waals surface area contributed by atoms with Crippen LogP contribution in [0.5, 0.6) is 0 Å². The first-order chi connectivity index (χ1) is 8.58. The van der Waals surface area contributed by atoms with Crippen molar-refractivity contribution in [3.63, 3.8) is 0 Å². The number of rotatable bonds is 1. The van der Waals surface area contributed by atoms with E-state index in [9.17, 15) is 4.79 Å². The number of carbonyl (C=O) groups excluding carboxylic acids is 1. The number of hydrogen-bond donors (Lipinski definition) is 0. The van der Waals surface area contributed by atoms with E-state index < -0.39 is 0 Å². The van der Waals surface area contributed by atoms with Crippen molar-refractivity contribution in [2.24, 2.45) is 0 Å². The number of hydrogen-bond acceptors (Lipinski definition) is 3. The van der Waals surface area contributed by atoms with Gasteiger partial charge in [-0.15, -0.1) is 0 Å². The minimum Gasteiger partial charge on any atom is -0.335 e. The van der Waals surface area contributed by atoms with Gasteiger partial charge in [0.05, 0.1) is 0 Å². The second kappa shape index (κ2) is 5.80. The topological polar surface area (TPSA) is 36.4 Å². The van der Waals surface area contributed by atoms with Gasteiger partial charge in [-0.3, -0.25) is 4.79 Å². The summed E-state index contributed by atoms with van der Waals surface area (Å²) < 4.78 is 0.702. The standard InChI is InChI=1S/C13H18BrN3O/c1-10-9-16(2)6-3-7-17(10)13(18)11-4-5-15-12(14)8-11/h4-5,8,10H,3,6-7,9H2,1-2H3. The van der Waals surface area contributed by atoms with E-state index in [-0.39, 0.29) is 11.9 Å². The molecule has 1 fully saturated rings. The van der Waals surface area contributed by atoms with Crippen LogP contribution in [0.4, 0.5) is 0 Å². The van der Waals surface area contributed by atoms with Gasteiger partial charge < -0.3 is 9.80 Å². The summed E-state index contributed by atoms with van der Waals surface area (Å²) in [6, 6.07) is 3.80. The highest BCUT2D eigenvalue weighted by atomic mass is 79.9. The van der Waals surface area contributed by atoms with Crippen LogP contribution in [0.2, 0.25) is 0 Å². The van der Waals surface area contributed by atoms with Gasteiger partial charge in [0, 0.05) is 30.9 Å². The van der Waals surface area contributed by atoms with Gasteiger partial charge in [-0.05, 0) is 55.0 Å². The second-order valence-corrected chi connectivity index (χ2v) is 5.64. The summed E-state index contributed by atoms with van der Waals surface area (Å²) in [6.45, 7) is 4.91. The first kappa shape index (κ1) is 13.5. The lowest BCUT2D eigenvalue weighted by Gasteiger charge is -2.28. The summed E-state index contributed by atoms with van der Waals surface area (Å²) >= 11 is 3.30. The Balaban J connectivity index is 2.17. The van der Waals surface area contributed by atoms with Gasteiger partial charge >= 0.3 is 0 Å². The van der Waals surface area contributed by atoms with Crippen molar-refractivity contribution in [2.45, 2.75) is 19.4 Å². The maximum absolute atomic E-state index is 12.5. The first-order valence-corrected chi connectivity index (χ1v) is 6.98. The quantitative estimate of drug-likeness (QED) is 0.744. The molecule has 1 aromatic rings. The molecule has 1 aromatic heterocycles. The lowest BCUT2D eigenvalue weighted by molar-refractivity contribution is 0.0696. The summed E-state index contributed by atoms with van der Waals surface area (Å²) in [5, 5.41) is 0. The van der Waals surface area contributed by atoms with E-state index in [1.165, 1.54) is 0 Å². The molecule has 0 aliphatic carbocycles. The van der Waals surface area contributed by atoms with Crippen LogP contribution in [0, 0.1) is 0 Å². The van der Waals surface area contributed by atoms with Crippen LogP contribution in [0.15, 0.2) is 22.9 Å². The molecule has 0 saturated carbocycles. The molecule has 0 radical (unpaired) electrons. The molecule has 0 spiro atoms. The van der Waals surface area contributed by atoms with E-state index in [0.717, 1.165) is 26.1 Å². The third-order valence-corrected chi connectivity index (χ3v) is 3.71. The van der Waals surface area contributed by atoms with Gasteiger partial charge in [-0.1, -0.05) is 0 Å². The van der Waals surface area contributed by atoms with E-state index in [2.05, 4.69) is 39.8 Å². The summed E-state index contributed by atoms with van der Waals surface area (Å²) in [4.78, 5) is 20.8. The number of halogens is 1. The molecule has 1 aliphatic heterocycles. The third-order valence-electron chi connectivity index (χ3n) is 3.28. The van der Waals surface area contributed by atoms with Crippen molar-refractivity contribution in [3.05, 3.63) is 28.5 Å². The fourth-order valence-corrected chi connectivity index (χ4v) is 2.74. The zero-order valence-corrected chi connectivity index (χ0v) is 12.4. The molecule has 1 aliphatic rings. The smallest absolute Gasteiger partial charge is 0.254 e. The average molecular weight is 312 g/mol. The summed E-state index contributed by atoms with van der Waals surface area (Å²) in [5.74, 6) is 0.0981. The molecule has 0 aromatic carbocycles. The zero-order valence-electron chi connectivity index (χ0n) is 10.8. The van der Waals surface area contributed by atoms with Gasteiger partial charge in [0.15, 0.2) is 0 Å². The molecule has 1 unspecified atom stereocenters. The van der Waals surface area contributed by atoms with Crippen molar-refractivity contribution in [1.29, 1.82) is 0 Å². The summed E-state index contributed by atoms with van der Waals surface area (Å²) in [6.07, 6.45) is 2.69. The molecule has 1 amide bonds. The fourth-order valence-electron chi connectivity index (χ4n) is 2.38. The van der Waals surface area contributed by atoms with E-state index in [1.54, 1.807) is 18.3 Å². The Labute approximate surface area is 116 Å². The van der Waals surface area contributed by atoms with Crippen molar-refractivity contribution < 1.29 is 4.79 Å². The number of likely N-dealkylation sites (N-methyl/N-ethyl adjacent to an activating group) is 1. The van der Waals surface area contributed by atoms with E-state index in [0.29, 0.717) is 10.2 Å². The predicted octanol–water partition coefficient (Wildman–Crippen LogP) is 2.01. The Morgan fingerprint density at radius 3 is 3.00 bits per heavy atom. The Morgan fingerprint density at radius 2 is 2.28 bits per heavy atom. The van der Waals surface area contributed by atoms with Gasteiger partial charge in [-0.25, -0.2) is 4.98 Å². The van der Waals surface area contributed by atoms with Crippen LogP contribution in [-0.4, -0.2) is 53.4 Å². The SMILES string of the molecule is CC1CN(C)CCCN1C(=O)c1ccnc(Br)c1. The summed E-state index contributed by atoms with van der Waals surface area (Å²) in [7, 11) is 2.10. The number of amides is 1. The summed E-state index contributed by atoms with van der Waals surface area (Å²) in [5.41, 5.74) is 0.702. The van der Waals surface area contributed by atoms with Crippen LogP contribution in [-0.2, 0) is 0 Å². The molecule has 5 heteroatoms. The third kappa shape index (κ3) is 3.09. The number of nitrogens with zero attached hydrogens (tertiary/aromatic N) is 3. The maximum atomic E-state index is 12.5. The Kier molecular flexibility index (Phi) is 4.35. The Hall–Kier alpha value is -0.940. The molecular weight excluding hydrogens is 294 g/mol. The van der Waals surface area contributed by atoms with Crippen molar-refractivity contribution in [3.8, 4) is 0 Å². The predicted molar refractivity (Wildman–Crippen MR) is 74.5 cm³/mol. The molecule has 1 saturated heterocycles. The maximum Gasteiger partial charge on any atom is 0.254 e. The highest BCUT2D eigenvalue weighted by molar-refractivity contribution is 9.10. The van der Waals surface area contributed by atoms with Crippen molar-refractivity contribution in [1.82, 2.24) is 14.8 Å². The second-order valence-electron chi connectivity index (χ2n) is 4.83. The molecule has 0 N–H and O–H groups in total. The van der Waals surface area contributed by atoms with Gasteiger partial charge in [0.1, 0.15) is 4.60 Å². The van der Waals surface area contributed by atoms with Gasteiger partial charge in [0.2, 0.25) is 0 Å². The van der Waals surface area contributed by atoms with Crippen molar-refractivity contribution >= 4 is 21.8 Å². The minimum atomic E-state index is 0.0981. The van der Waals surface area contributed by atoms with E-state index in [4.69, 9.17) is 0 Å².